The van der Waals surface area contributed by atoms with Gasteiger partial charge in [0.05, 0.1) is 0 Å². The SMILES string of the molecule is CC/C=C\C[P+]1([O-])OC(C)(C)C(C)(C)O1. The first-order chi connectivity index (χ1) is 6.72. The minimum absolute atomic E-state index is 0.369. The minimum Gasteiger partial charge on any atom is -0.631 e. The highest BCUT2D eigenvalue weighted by Crippen LogP contribution is 2.66. The van der Waals surface area contributed by atoms with Crippen LogP contribution in [0.25, 0.3) is 0 Å². The number of hydrogen-bond acceptors (Lipinski definition) is 3. The Hall–Kier alpha value is 0.0500. The highest BCUT2D eigenvalue weighted by Gasteiger charge is 2.59. The molecule has 0 aliphatic carbocycles. The maximum Gasteiger partial charge on any atom is 0.243 e. The Morgan fingerprint density at radius 1 is 1.07 bits per heavy atom. The van der Waals surface area contributed by atoms with E-state index in [4.69, 9.17) is 9.05 Å². The molecule has 1 aliphatic rings. The fraction of sp³-hybridized carbons (Fsp3) is 0.818. The lowest BCUT2D eigenvalue weighted by molar-refractivity contribution is -0.211. The minimum atomic E-state index is -2.93. The first kappa shape index (κ1) is 13.1. The summed E-state index contributed by atoms with van der Waals surface area (Å²) in [5.74, 6) is 0. The van der Waals surface area contributed by atoms with Crippen LogP contribution < -0.4 is 4.89 Å². The molecule has 0 saturated carbocycles. The Balaban J connectivity index is 2.71. The van der Waals surface area contributed by atoms with Crippen molar-refractivity contribution >= 4 is 7.94 Å². The predicted octanol–water partition coefficient (Wildman–Crippen LogP) is 2.68. The largest absolute Gasteiger partial charge is 0.631 e. The van der Waals surface area contributed by atoms with Crippen LogP contribution >= 0.6 is 7.94 Å². The lowest BCUT2D eigenvalue weighted by Crippen LogP contribution is -2.41. The summed E-state index contributed by atoms with van der Waals surface area (Å²) < 4.78 is 11.2. The van der Waals surface area contributed by atoms with E-state index >= 15 is 0 Å². The molecule has 3 nitrogen and oxygen atoms in total. The number of hydrogen-bond donors (Lipinski definition) is 0. The van der Waals surface area contributed by atoms with Crippen molar-refractivity contribution in [2.75, 3.05) is 6.16 Å². The molecule has 1 rings (SSSR count). The maximum atomic E-state index is 12.2. The highest BCUT2D eigenvalue weighted by atomic mass is 31.2. The van der Waals surface area contributed by atoms with Gasteiger partial charge in [-0.15, -0.1) is 0 Å². The topological polar surface area (TPSA) is 41.5 Å². The third-order valence-corrected chi connectivity index (χ3v) is 5.04. The van der Waals surface area contributed by atoms with E-state index in [0.29, 0.717) is 6.16 Å². The van der Waals surface area contributed by atoms with Gasteiger partial charge in [0, 0.05) is 0 Å². The lowest BCUT2D eigenvalue weighted by Gasteiger charge is -2.25. The highest BCUT2D eigenvalue weighted by molar-refractivity contribution is 7.59. The van der Waals surface area contributed by atoms with E-state index in [2.05, 4.69) is 0 Å². The molecule has 1 fully saturated rings. The molecule has 0 spiro atoms. The smallest absolute Gasteiger partial charge is 0.243 e. The molecule has 0 radical (unpaired) electrons. The van der Waals surface area contributed by atoms with Gasteiger partial charge in [-0.05, 0) is 40.2 Å². The van der Waals surface area contributed by atoms with Crippen molar-refractivity contribution < 1.29 is 13.9 Å². The van der Waals surface area contributed by atoms with E-state index in [9.17, 15) is 4.89 Å². The van der Waals surface area contributed by atoms with E-state index < -0.39 is 19.1 Å². The zero-order valence-corrected chi connectivity index (χ0v) is 11.1. The van der Waals surface area contributed by atoms with Crippen LogP contribution in [0.2, 0.25) is 0 Å². The average Bonchev–Trinajstić information content (AvgIpc) is 2.16. The molecule has 1 saturated heterocycles. The van der Waals surface area contributed by atoms with Crippen LogP contribution in [-0.2, 0) is 9.05 Å². The molecule has 0 aromatic rings. The Labute approximate surface area is 93.1 Å². The molecule has 4 heteroatoms. The molecule has 88 valence electrons. The van der Waals surface area contributed by atoms with Gasteiger partial charge in [-0.25, -0.2) is 9.05 Å². The van der Waals surface area contributed by atoms with Crippen molar-refractivity contribution in [1.82, 2.24) is 0 Å². The standard InChI is InChI=1S/C11H21O3P/c1-6-7-8-9-15(12)13-10(2,3)11(4,5)14-15/h7-8H,6,9H2,1-5H3/b8-7-. The van der Waals surface area contributed by atoms with Gasteiger partial charge >= 0.3 is 0 Å². The summed E-state index contributed by atoms with van der Waals surface area (Å²) in [5.41, 5.74) is -0.995. The Kier molecular flexibility index (Phi) is 3.62. The Morgan fingerprint density at radius 2 is 1.53 bits per heavy atom. The second kappa shape index (κ2) is 4.14. The third-order valence-electron chi connectivity index (χ3n) is 2.92. The van der Waals surface area contributed by atoms with Crippen molar-refractivity contribution in [3.8, 4) is 0 Å². The van der Waals surface area contributed by atoms with E-state index in [-0.39, 0.29) is 0 Å². The molecular weight excluding hydrogens is 211 g/mol. The van der Waals surface area contributed by atoms with Crippen LogP contribution in [0.15, 0.2) is 12.2 Å². The van der Waals surface area contributed by atoms with E-state index in [1.165, 1.54) is 0 Å². The van der Waals surface area contributed by atoms with Gasteiger partial charge < -0.3 is 4.89 Å². The monoisotopic (exact) mass is 232 g/mol. The summed E-state index contributed by atoms with van der Waals surface area (Å²) in [7, 11) is -2.93. The quantitative estimate of drug-likeness (QED) is 0.555. The molecule has 0 N–H and O–H groups in total. The van der Waals surface area contributed by atoms with Crippen molar-refractivity contribution in [2.45, 2.75) is 52.2 Å². The molecule has 0 bridgehead atoms. The maximum absolute atomic E-state index is 12.2. The second-order valence-electron chi connectivity index (χ2n) is 4.88. The average molecular weight is 232 g/mol. The molecule has 1 aliphatic heterocycles. The molecule has 0 amide bonds. The third kappa shape index (κ3) is 2.79. The van der Waals surface area contributed by atoms with Crippen molar-refractivity contribution in [3.63, 3.8) is 0 Å². The zero-order valence-electron chi connectivity index (χ0n) is 10.2. The van der Waals surface area contributed by atoms with Gasteiger partial charge in [-0.2, -0.15) is 0 Å². The van der Waals surface area contributed by atoms with Crippen molar-refractivity contribution in [1.29, 1.82) is 0 Å². The normalized spacial score (nSPS) is 27.3. The van der Waals surface area contributed by atoms with Crippen LogP contribution in [0, 0.1) is 0 Å². The first-order valence-electron chi connectivity index (χ1n) is 5.38. The van der Waals surface area contributed by atoms with Gasteiger partial charge in [0.1, 0.15) is 17.4 Å². The summed E-state index contributed by atoms with van der Waals surface area (Å²) in [6.07, 6.45) is 5.16. The van der Waals surface area contributed by atoms with Crippen molar-refractivity contribution in [3.05, 3.63) is 12.2 Å². The van der Waals surface area contributed by atoms with Gasteiger partial charge in [-0.1, -0.05) is 13.0 Å². The second-order valence-corrected chi connectivity index (χ2v) is 6.83. The predicted molar refractivity (Wildman–Crippen MR) is 61.5 cm³/mol. The van der Waals surface area contributed by atoms with Crippen LogP contribution in [-0.4, -0.2) is 17.4 Å². The fourth-order valence-corrected chi connectivity index (χ4v) is 3.80. The van der Waals surface area contributed by atoms with E-state index in [1.54, 1.807) is 0 Å². The van der Waals surface area contributed by atoms with Crippen LogP contribution in [0.4, 0.5) is 0 Å². The number of rotatable bonds is 3. The molecular formula is C11H21O3P. The summed E-state index contributed by atoms with van der Waals surface area (Å²) in [6, 6.07) is 0. The summed E-state index contributed by atoms with van der Waals surface area (Å²) in [6.45, 7) is 9.69. The molecule has 15 heavy (non-hydrogen) atoms. The lowest BCUT2D eigenvalue weighted by atomic mass is 9.90. The molecule has 0 aromatic carbocycles. The number of allylic oxidation sites excluding steroid dienone is 2. The Bertz CT molecular complexity index is 243. The summed E-state index contributed by atoms with van der Waals surface area (Å²) in [4.78, 5) is 12.2. The molecule has 0 unspecified atom stereocenters. The molecule has 0 atom stereocenters. The van der Waals surface area contributed by atoms with E-state index in [0.717, 1.165) is 6.42 Å². The van der Waals surface area contributed by atoms with Gasteiger partial charge in [0.25, 0.3) is 0 Å². The zero-order chi connectivity index (χ0) is 11.7. The van der Waals surface area contributed by atoms with Crippen LogP contribution in [0.3, 0.4) is 0 Å². The fourth-order valence-electron chi connectivity index (χ4n) is 1.38. The molecule has 0 aromatic heterocycles. The molecule has 1 heterocycles. The van der Waals surface area contributed by atoms with Gasteiger partial charge in [0.15, 0.2) is 0 Å². The first-order valence-corrected chi connectivity index (χ1v) is 7.11. The Morgan fingerprint density at radius 3 is 1.93 bits per heavy atom. The van der Waals surface area contributed by atoms with E-state index in [1.807, 2.05) is 46.8 Å². The van der Waals surface area contributed by atoms with Crippen LogP contribution in [0.5, 0.6) is 0 Å². The van der Waals surface area contributed by atoms with Gasteiger partial charge in [-0.3, -0.25) is 0 Å². The van der Waals surface area contributed by atoms with Crippen molar-refractivity contribution in [2.24, 2.45) is 0 Å². The van der Waals surface area contributed by atoms with Crippen LogP contribution in [0.1, 0.15) is 41.0 Å². The van der Waals surface area contributed by atoms with Gasteiger partial charge in [0.2, 0.25) is 7.94 Å². The summed E-state index contributed by atoms with van der Waals surface area (Å²) >= 11 is 0. The summed E-state index contributed by atoms with van der Waals surface area (Å²) in [5, 5.41) is 0.